The van der Waals surface area contributed by atoms with Gasteiger partial charge in [0, 0.05) is 10.9 Å². The molecule has 0 unspecified atom stereocenters. The number of fused-ring (bicyclic) bond motifs is 1. The van der Waals surface area contributed by atoms with E-state index in [0.717, 1.165) is 32.8 Å². The topological polar surface area (TPSA) is 56.1 Å². The minimum Gasteiger partial charge on any atom is -0.497 e. The lowest BCUT2D eigenvalue weighted by Gasteiger charge is -2.04. The van der Waals surface area contributed by atoms with E-state index in [1.165, 1.54) is 23.5 Å². The molecular formula is C21H18FN3O2S. The Labute approximate surface area is 165 Å². The summed E-state index contributed by atoms with van der Waals surface area (Å²) in [6.07, 6.45) is 1.84. The maximum atomic E-state index is 13.5. The van der Waals surface area contributed by atoms with Gasteiger partial charge in [-0.1, -0.05) is 0 Å². The monoisotopic (exact) mass is 395 g/mol. The summed E-state index contributed by atoms with van der Waals surface area (Å²) in [5, 5.41) is 8.17. The maximum Gasteiger partial charge on any atom is 0.261 e. The second kappa shape index (κ2) is 7.44. The lowest BCUT2D eigenvalue weighted by Crippen LogP contribution is -2.22. The van der Waals surface area contributed by atoms with Gasteiger partial charge in [0.25, 0.3) is 5.91 Å². The number of hydrogen-bond donors (Lipinski definition) is 1. The highest BCUT2D eigenvalue weighted by Gasteiger charge is 2.16. The summed E-state index contributed by atoms with van der Waals surface area (Å²) >= 11 is 1.37. The third-order valence-corrected chi connectivity index (χ3v) is 5.79. The van der Waals surface area contributed by atoms with Crippen molar-refractivity contribution < 1.29 is 13.9 Å². The van der Waals surface area contributed by atoms with E-state index in [0.29, 0.717) is 11.4 Å². The normalized spacial score (nSPS) is 11.0. The molecule has 0 radical (unpaired) electrons. The molecule has 0 saturated heterocycles. The van der Waals surface area contributed by atoms with Gasteiger partial charge in [0.05, 0.1) is 29.9 Å². The Hall–Kier alpha value is -3.19. The molecule has 0 spiro atoms. The van der Waals surface area contributed by atoms with Crippen molar-refractivity contribution >= 4 is 27.3 Å². The zero-order valence-electron chi connectivity index (χ0n) is 15.4. The van der Waals surface area contributed by atoms with Crippen LogP contribution in [0.25, 0.3) is 15.8 Å². The number of ether oxygens (including phenoxy) is 1. The van der Waals surface area contributed by atoms with Gasteiger partial charge in [-0.05, 0) is 66.4 Å². The Bertz CT molecular complexity index is 1150. The molecular weight excluding hydrogens is 377 g/mol. The summed E-state index contributed by atoms with van der Waals surface area (Å²) in [5.74, 6) is 0.296. The van der Waals surface area contributed by atoms with Crippen LogP contribution in [0.3, 0.4) is 0 Å². The third kappa shape index (κ3) is 3.48. The number of carbonyl (C=O) groups is 1. The molecule has 0 fully saturated rings. The number of halogens is 1. The number of nitrogens with zero attached hydrogens (tertiary/aromatic N) is 2. The van der Waals surface area contributed by atoms with Crippen LogP contribution in [-0.4, -0.2) is 22.8 Å². The van der Waals surface area contributed by atoms with Crippen LogP contribution in [0, 0.1) is 12.7 Å². The Morgan fingerprint density at radius 1 is 1.21 bits per heavy atom. The standard InChI is InChI=1S/C21H18FN3O2S/c1-13-18-11-14(22)3-8-19(18)28-20(13)21(26)23-12-15-9-10-25(24-15)16-4-6-17(27-2)7-5-16/h3-11H,12H2,1-2H3,(H,23,26). The van der Waals surface area contributed by atoms with Crippen molar-refractivity contribution in [2.45, 2.75) is 13.5 Å². The van der Waals surface area contributed by atoms with Crippen LogP contribution in [0.5, 0.6) is 5.75 Å². The summed E-state index contributed by atoms with van der Waals surface area (Å²) in [6, 6.07) is 14.0. The van der Waals surface area contributed by atoms with Gasteiger partial charge in [-0.15, -0.1) is 11.3 Å². The van der Waals surface area contributed by atoms with Gasteiger partial charge in [-0.3, -0.25) is 4.79 Å². The number of hydrogen-bond acceptors (Lipinski definition) is 4. The van der Waals surface area contributed by atoms with Crippen LogP contribution < -0.4 is 10.1 Å². The van der Waals surface area contributed by atoms with E-state index < -0.39 is 0 Å². The summed E-state index contributed by atoms with van der Waals surface area (Å²) in [4.78, 5) is 13.2. The molecule has 0 aliphatic carbocycles. The quantitative estimate of drug-likeness (QED) is 0.542. The fourth-order valence-electron chi connectivity index (χ4n) is 3.00. The highest BCUT2D eigenvalue weighted by atomic mass is 32.1. The SMILES string of the molecule is COc1ccc(-n2ccc(CNC(=O)c3sc4ccc(F)cc4c3C)n2)cc1. The first-order valence-corrected chi connectivity index (χ1v) is 9.52. The molecule has 0 bridgehead atoms. The molecule has 1 N–H and O–H groups in total. The van der Waals surface area contributed by atoms with E-state index in [-0.39, 0.29) is 11.7 Å². The van der Waals surface area contributed by atoms with Crippen LogP contribution >= 0.6 is 11.3 Å². The van der Waals surface area contributed by atoms with E-state index in [2.05, 4.69) is 10.4 Å². The summed E-state index contributed by atoms with van der Waals surface area (Å²) in [6.45, 7) is 2.15. The number of aromatic nitrogens is 2. The molecule has 0 aliphatic rings. The molecule has 0 atom stereocenters. The van der Waals surface area contributed by atoms with E-state index in [9.17, 15) is 9.18 Å². The predicted molar refractivity (Wildman–Crippen MR) is 108 cm³/mol. The van der Waals surface area contributed by atoms with Crippen LogP contribution in [-0.2, 0) is 6.54 Å². The van der Waals surface area contributed by atoms with Gasteiger partial charge in [0.1, 0.15) is 11.6 Å². The summed E-state index contributed by atoms with van der Waals surface area (Å²) in [7, 11) is 1.62. The van der Waals surface area contributed by atoms with Gasteiger partial charge in [0.15, 0.2) is 0 Å². The highest BCUT2D eigenvalue weighted by Crippen LogP contribution is 2.31. The Kier molecular flexibility index (Phi) is 4.83. The molecule has 2 aromatic heterocycles. The number of aryl methyl sites for hydroxylation is 1. The molecule has 1 amide bonds. The largest absolute Gasteiger partial charge is 0.497 e. The second-order valence-corrected chi connectivity index (χ2v) is 7.38. The molecule has 7 heteroatoms. The zero-order chi connectivity index (χ0) is 19.7. The Balaban J connectivity index is 1.47. The van der Waals surface area contributed by atoms with Gasteiger partial charge in [-0.25, -0.2) is 9.07 Å². The first-order valence-electron chi connectivity index (χ1n) is 8.71. The van der Waals surface area contributed by atoms with E-state index in [4.69, 9.17) is 4.74 Å². The summed E-state index contributed by atoms with van der Waals surface area (Å²) < 4.78 is 21.3. The molecule has 5 nitrogen and oxygen atoms in total. The molecule has 4 rings (SSSR count). The van der Waals surface area contributed by atoms with Gasteiger partial charge in [0.2, 0.25) is 0 Å². The van der Waals surface area contributed by atoms with Gasteiger partial charge in [-0.2, -0.15) is 5.10 Å². The molecule has 28 heavy (non-hydrogen) atoms. The minimum atomic E-state index is -0.301. The smallest absolute Gasteiger partial charge is 0.261 e. The number of nitrogens with one attached hydrogen (secondary N) is 1. The van der Waals surface area contributed by atoms with Crippen molar-refractivity contribution in [2.24, 2.45) is 0 Å². The first-order chi connectivity index (χ1) is 13.5. The van der Waals surface area contributed by atoms with Gasteiger partial charge < -0.3 is 10.1 Å². The fourth-order valence-corrected chi connectivity index (χ4v) is 4.10. The number of benzene rings is 2. The van der Waals surface area contributed by atoms with Crippen molar-refractivity contribution in [3.8, 4) is 11.4 Å². The molecule has 142 valence electrons. The van der Waals surface area contributed by atoms with E-state index in [1.807, 2.05) is 43.5 Å². The van der Waals surface area contributed by atoms with Crippen molar-refractivity contribution in [2.75, 3.05) is 7.11 Å². The number of methoxy groups -OCH3 is 1. The number of thiophene rings is 1. The maximum absolute atomic E-state index is 13.5. The molecule has 2 heterocycles. The van der Waals surface area contributed by atoms with E-state index in [1.54, 1.807) is 17.9 Å². The van der Waals surface area contributed by atoms with Gasteiger partial charge >= 0.3 is 0 Å². The molecule has 4 aromatic rings. The van der Waals surface area contributed by atoms with Crippen LogP contribution in [0.2, 0.25) is 0 Å². The third-order valence-electron chi connectivity index (χ3n) is 4.52. The van der Waals surface area contributed by atoms with Crippen molar-refractivity contribution in [1.29, 1.82) is 0 Å². The highest BCUT2D eigenvalue weighted by molar-refractivity contribution is 7.21. The molecule has 0 aliphatic heterocycles. The lowest BCUT2D eigenvalue weighted by molar-refractivity contribution is 0.0954. The zero-order valence-corrected chi connectivity index (χ0v) is 16.2. The summed E-state index contributed by atoms with van der Waals surface area (Å²) in [5.41, 5.74) is 2.44. The lowest BCUT2D eigenvalue weighted by atomic mass is 10.1. The average molecular weight is 395 g/mol. The van der Waals surface area contributed by atoms with Crippen LogP contribution in [0.4, 0.5) is 4.39 Å². The number of carbonyl (C=O) groups excluding carboxylic acids is 1. The molecule has 0 saturated carbocycles. The molecule has 2 aromatic carbocycles. The van der Waals surface area contributed by atoms with Crippen LogP contribution in [0.1, 0.15) is 20.9 Å². The van der Waals surface area contributed by atoms with Crippen molar-refractivity contribution in [1.82, 2.24) is 15.1 Å². The first kappa shape index (κ1) is 18.2. The number of amides is 1. The number of rotatable bonds is 5. The average Bonchev–Trinajstić information content (AvgIpc) is 3.31. The fraction of sp³-hybridized carbons (Fsp3) is 0.143. The Morgan fingerprint density at radius 3 is 2.75 bits per heavy atom. The predicted octanol–water partition coefficient (Wildman–Crippen LogP) is 4.47. The van der Waals surface area contributed by atoms with Crippen LogP contribution in [0.15, 0.2) is 54.7 Å². The van der Waals surface area contributed by atoms with Crippen molar-refractivity contribution in [3.63, 3.8) is 0 Å². The van der Waals surface area contributed by atoms with Crippen molar-refractivity contribution in [3.05, 3.63) is 76.7 Å². The minimum absolute atomic E-state index is 0.182. The van der Waals surface area contributed by atoms with E-state index >= 15 is 0 Å². The Morgan fingerprint density at radius 2 is 2.00 bits per heavy atom. The second-order valence-electron chi connectivity index (χ2n) is 6.33.